The second-order valence-corrected chi connectivity index (χ2v) is 4.42. The van der Waals surface area contributed by atoms with E-state index in [1.807, 2.05) is 7.05 Å². The molecule has 0 heterocycles. The van der Waals surface area contributed by atoms with Gasteiger partial charge in [0.1, 0.15) is 0 Å². The van der Waals surface area contributed by atoms with Crippen LogP contribution in [0.2, 0.25) is 0 Å². The average Bonchev–Trinajstić information content (AvgIpc) is 2.51. The number of rotatable bonds is 5. The van der Waals surface area contributed by atoms with Gasteiger partial charge in [-0.3, -0.25) is 0 Å². The summed E-state index contributed by atoms with van der Waals surface area (Å²) in [6.45, 7) is 5.42. The van der Waals surface area contributed by atoms with E-state index in [9.17, 15) is 0 Å². The third-order valence-electron chi connectivity index (χ3n) is 2.85. The van der Waals surface area contributed by atoms with Crippen molar-refractivity contribution in [1.82, 2.24) is 5.32 Å². The van der Waals surface area contributed by atoms with E-state index < -0.39 is 0 Å². The lowest BCUT2D eigenvalue weighted by atomic mass is 10.1. The van der Waals surface area contributed by atoms with E-state index in [1.54, 1.807) is 0 Å². The minimum Gasteiger partial charge on any atom is -0.377 e. The maximum absolute atomic E-state index is 5.85. The molecular formula is C11H23NO. The third-order valence-corrected chi connectivity index (χ3v) is 2.85. The van der Waals surface area contributed by atoms with E-state index in [4.69, 9.17) is 4.74 Å². The lowest BCUT2D eigenvalue weighted by Crippen LogP contribution is -2.34. The Morgan fingerprint density at radius 3 is 2.77 bits per heavy atom. The van der Waals surface area contributed by atoms with Gasteiger partial charge in [-0.05, 0) is 38.6 Å². The number of likely N-dealkylation sites (N-methyl/N-ethyl adjacent to an activating group) is 1. The van der Waals surface area contributed by atoms with Crippen LogP contribution in [0.4, 0.5) is 0 Å². The second kappa shape index (κ2) is 5.61. The first-order valence-corrected chi connectivity index (χ1v) is 5.53. The number of hydrogen-bond donors (Lipinski definition) is 1. The van der Waals surface area contributed by atoms with Crippen LogP contribution in [0.5, 0.6) is 0 Å². The van der Waals surface area contributed by atoms with Crippen LogP contribution >= 0.6 is 0 Å². The molecule has 1 saturated carbocycles. The Balaban J connectivity index is 2.13. The first-order chi connectivity index (χ1) is 6.24. The second-order valence-electron chi connectivity index (χ2n) is 4.42. The van der Waals surface area contributed by atoms with Gasteiger partial charge in [0.15, 0.2) is 0 Å². The standard InChI is InChI=1S/C11H23NO/c1-9(2)7-8-13-11-6-4-5-10(11)12-3/h9-12H,4-8H2,1-3H3. The predicted molar refractivity (Wildman–Crippen MR) is 55.9 cm³/mol. The zero-order valence-electron chi connectivity index (χ0n) is 9.18. The van der Waals surface area contributed by atoms with Gasteiger partial charge in [-0.25, -0.2) is 0 Å². The first-order valence-electron chi connectivity index (χ1n) is 5.53. The van der Waals surface area contributed by atoms with Crippen molar-refractivity contribution in [3.63, 3.8) is 0 Å². The Hall–Kier alpha value is -0.0800. The van der Waals surface area contributed by atoms with Gasteiger partial charge < -0.3 is 10.1 Å². The van der Waals surface area contributed by atoms with Crippen molar-refractivity contribution in [3.8, 4) is 0 Å². The van der Waals surface area contributed by atoms with Crippen LogP contribution in [0, 0.1) is 5.92 Å². The summed E-state index contributed by atoms with van der Waals surface area (Å²) in [5.74, 6) is 0.759. The lowest BCUT2D eigenvalue weighted by Gasteiger charge is -2.20. The normalized spacial score (nSPS) is 28.6. The molecule has 2 heteroatoms. The van der Waals surface area contributed by atoms with Gasteiger partial charge in [0, 0.05) is 12.6 Å². The first kappa shape index (κ1) is 11.0. The highest BCUT2D eigenvalue weighted by Gasteiger charge is 2.26. The number of nitrogens with one attached hydrogen (secondary N) is 1. The van der Waals surface area contributed by atoms with E-state index >= 15 is 0 Å². The van der Waals surface area contributed by atoms with Crippen molar-refractivity contribution in [2.45, 2.75) is 51.7 Å². The fraction of sp³-hybridized carbons (Fsp3) is 1.00. The molecule has 0 spiro atoms. The summed E-state index contributed by atoms with van der Waals surface area (Å²) in [5.41, 5.74) is 0. The summed E-state index contributed by atoms with van der Waals surface area (Å²) in [6.07, 6.45) is 5.50. The van der Waals surface area contributed by atoms with Crippen LogP contribution in [0.15, 0.2) is 0 Å². The van der Waals surface area contributed by atoms with Gasteiger partial charge in [-0.2, -0.15) is 0 Å². The van der Waals surface area contributed by atoms with E-state index in [-0.39, 0.29) is 0 Å². The molecule has 2 nitrogen and oxygen atoms in total. The molecule has 1 rings (SSSR count). The van der Waals surface area contributed by atoms with Gasteiger partial charge in [-0.15, -0.1) is 0 Å². The Morgan fingerprint density at radius 1 is 1.38 bits per heavy atom. The van der Waals surface area contributed by atoms with Crippen LogP contribution < -0.4 is 5.32 Å². The molecule has 1 N–H and O–H groups in total. The van der Waals surface area contributed by atoms with Crippen molar-refractivity contribution < 1.29 is 4.74 Å². The molecule has 13 heavy (non-hydrogen) atoms. The van der Waals surface area contributed by atoms with Crippen LogP contribution in [0.3, 0.4) is 0 Å². The number of hydrogen-bond acceptors (Lipinski definition) is 2. The van der Waals surface area contributed by atoms with Crippen molar-refractivity contribution in [2.24, 2.45) is 5.92 Å². The zero-order chi connectivity index (χ0) is 9.68. The molecule has 1 aliphatic rings. The molecule has 78 valence electrons. The minimum atomic E-state index is 0.476. The Labute approximate surface area is 82.0 Å². The molecule has 2 atom stereocenters. The van der Waals surface area contributed by atoms with Crippen molar-refractivity contribution in [3.05, 3.63) is 0 Å². The third kappa shape index (κ3) is 3.65. The maximum Gasteiger partial charge on any atom is 0.0727 e. The molecule has 1 fully saturated rings. The highest BCUT2D eigenvalue weighted by atomic mass is 16.5. The average molecular weight is 185 g/mol. The molecule has 0 aromatic heterocycles. The van der Waals surface area contributed by atoms with Gasteiger partial charge >= 0.3 is 0 Å². The van der Waals surface area contributed by atoms with Gasteiger partial charge in [-0.1, -0.05) is 13.8 Å². The maximum atomic E-state index is 5.85. The summed E-state index contributed by atoms with van der Waals surface area (Å²) in [6, 6.07) is 0.604. The van der Waals surface area contributed by atoms with Gasteiger partial charge in [0.05, 0.1) is 6.10 Å². The fourth-order valence-corrected chi connectivity index (χ4v) is 1.91. The highest BCUT2D eigenvalue weighted by Crippen LogP contribution is 2.22. The molecule has 0 aliphatic heterocycles. The Morgan fingerprint density at radius 2 is 2.15 bits per heavy atom. The smallest absolute Gasteiger partial charge is 0.0727 e. The van der Waals surface area contributed by atoms with Crippen molar-refractivity contribution in [2.75, 3.05) is 13.7 Å². The van der Waals surface area contributed by atoms with Gasteiger partial charge in [0.2, 0.25) is 0 Å². The molecular weight excluding hydrogens is 162 g/mol. The van der Waals surface area contributed by atoms with Crippen LogP contribution in [-0.2, 0) is 4.74 Å². The van der Waals surface area contributed by atoms with E-state index in [0.717, 1.165) is 12.5 Å². The molecule has 0 amide bonds. The molecule has 0 aromatic carbocycles. The minimum absolute atomic E-state index is 0.476. The van der Waals surface area contributed by atoms with E-state index in [2.05, 4.69) is 19.2 Å². The van der Waals surface area contributed by atoms with Gasteiger partial charge in [0.25, 0.3) is 0 Å². The van der Waals surface area contributed by atoms with Crippen molar-refractivity contribution >= 4 is 0 Å². The molecule has 0 radical (unpaired) electrons. The van der Waals surface area contributed by atoms with Crippen LogP contribution in [0.25, 0.3) is 0 Å². The molecule has 0 saturated heterocycles. The summed E-state index contributed by atoms with van der Waals surface area (Å²) < 4.78 is 5.85. The fourth-order valence-electron chi connectivity index (χ4n) is 1.91. The lowest BCUT2D eigenvalue weighted by molar-refractivity contribution is 0.0355. The predicted octanol–water partition coefficient (Wildman–Crippen LogP) is 2.19. The summed E-state index contributed by atoms with van der Waals surface area (Å²) in [4.78, 5) is 0. The van der Waals surface area contributed by atoms with E-state index in [0.29, 0.717) is 12.1 Å². The quantitative estimate of drug-likeness (QED) is 0.709. The summed E-state index contributed by atoms with van der Waals surface area (Å²) in [7, 11) is 2.04. The monoisotopic (exact) mass is 185 g/mol. The topological polar surface area (TPSA) is 21.3 Å². The summed E-state index contributed by atoms with van der Waals surface area (Å²) in [5, 5.41) is 3.33. The highest BCUT2D eigenvalue weighted by molar-refractivity contribution is 4.82. The van der Waals surface area contributed by atoms with Crippen LogP contribution in [-0.4, -0.2) is 25.8 Å². The van der Waals surface area contributed by atoms with E-state index in [1.165, 1.54) is 25.7 Å². The Kier molecular flexibility index (Phi) is 4.74. The van der Waals surface area contributed by atoms with Crippen LogP contribution in [0.1, 0.15) is 39.5 Å². The Bertz CT molecular complexity index is 136. The zero-order valence-corrected chi connectivity index (χ0v) is 9.18. The number of ether oxygens (including phenoxy) is 1. The molecule has 1 aliphatic carbocycles. The molecule has 2 unspecified atom stereocenters. The molecule has 0 aromatic rings. The summed E-state index contributed by atoms with van der Waals surface area (Å²) >= 11 is 0. The SMILES string of the molecule is CNC1CCCC1OCCC(C)C. The van der Waals surface area contributed by atoms with Crippen molar-refractivity contribution in [1.29, 1.82) is 0 Å². The largest absolute Gasteiger partial charge is 0.377 e. The molecule has 0 bridgehead atoms.